The van der Waals surface area contributed by atoms with Gasteiger partial charge in [-0.1, -0.05) is 74.3 Å². The summed E-state index contributed by atoms with van der Waals surface area (Å²) in [5, 5.41) is 15.9. The molecule has 2 aliphatic heterocycles. The lowest BCUT2D eigenvalue weighted by Gasteiger charge is -2.20. The number of halogens is 1. The Kier molecular flexibility index (Phi) is 8.43. The lowest BCUT2D eigenvalue weighted by molar-refractivity contribution is -0.114. The molecule has 42 heavy (non-hydrogen) atoms. The number of methoxy groups -OCH3 is 1. The number of aryl methyl sites for hydroxylation is 1. The molecule has 0 fully saturated rings. The van der Waals surface area contributed by atoms with Crippen LogP contribution in [0.4, 0.5) is 0 Å². The van der Waals surface area contributed by atoms with Crippen molar-refractivity contribution in [3.05, 3.63) is 93.5 Å². The number of benzene rings is 3. The van der Waals surface area contributed by atoms with Gasteiger partial charge in [0.15, 0.2) is 17.3 Å². The standard InChI is InChI=1S/C32H31ClN4O4S/c1-19-6-8-21(9-7-19)30-36-37-28(34)24(29(38)35-31(37)42-30)16-20-17-25(33)27(26(18-20)39-5)41-15-14-40-23-12-10-22(11-13-23)32(2,3)4/h6-13,16-18,34H,14-15H2,1-5H3/b24-16-,34-28?. The molecule has 1 N–H and O–H groups in total. The number of rotatable bonds is 8. The van der Waals surface area contributed by atoms with E-state index < -0.39 is 5.91 Å². The van der Waals surface area contributed by atoms with Crippen LogP contribution in [0.3, 0.4) is 0 Å². The van der Waals surface area contributed by atoms with Crippen LogP contribution in [-0.2, 0) is 10.2 Å². The number of hydrogen-bond acceptors (Lipinski definition) is 7. The number of amides is 1. The van der Waals surface area contributed by atoms with Crippen molar-refractivity contribution >= 4 is 51.4 Å². The van der Waals surface area contributed by atoms with Crippen molar-refractivity contribution in [2.24, 2.45) is 10.1 Å². The number of fused-ring (bicyclic) bond motifs is 1. The highest BCUT2D eigenvalue weighted by atomic mass is 35.5. The molecule has 1 amide bonds. The first-order chi connectivity index (χ1) is 20.0. The van der Waals surface area contributed by atoms with Gasteiger partial charge in [-0.15, -0.1) is 0 Å². The van der Waals surface area contributed by atoms with Gasteiger partial charge >= 0.3 is 0 Å². The van der Waals surface area contributed by atoms with Gasteiger partial charge in [0.05, 0.1) is 17.7 Å². The number of thioether (sulfide) groups is 1. The first-order valence-electron chi connectivity index (χ1n) is 13.3. The predicted molar refractivity (Wildman–Crippen MR) is 169 cm³/mol. The Morgan fingerprint density at radius 1 is 1.02 bits per heavy atom. The molecular weight excluding hydrogens is 572 g/mol. The lowest BCUT2D eigenvalue weighted by Crippen LogP contribution is -2.35. The lowest BCUT2D eigenvalue weighted by atomic mass is 9.87. The molecule has 0 aliphatic carbocycles. The van der Waals surface area contributed by atoms with E-state index in [-0.39, 0.29) is 23.4 Å². The van der Waals surface area contributed by atoms with E-state index in [0.717, 1.165) is 16.9 Å². The summed E-state index contributed by atoms with van der Waals surface area (Å²) >= 11 is 7.83. The molecule has 0 saturated carbocycles. The summed E-state index contributed by atoms with van der Waals surface area (Å²) in [6, 6.07) is 19.2. The fourth-order valence-electron chi connectivity index (χ4n) is 4.29. The van der Waals surface area contributed by atoms with Crippen LogP contribution in [0.5, 0.6) is 17.2 Å². The number of nitrogens with one attached hydrogen (secondary N) is 1. The van der Waals surface area contributed by atoms with Gasteiger partial charge in [0.1, 0.15) is 24.0 Å². The zero-order chi connectivity index (χ0) is 30.0. The summed E-state index contributed by atoms with van der Waals surface area (Å²) < 4.78 is 17.3. The second-order valence-corrected chi connectivity index (χ2v) is 12.2. The number of carbonyl (C=O) groups excluding carboxylic acids is 1. The Bertz CT molecular complexity index is 1620. The van der Waals surface area contributed by atoms with Crippen molar-refractivity contribution in [2.45, 2.75) is 33.1 Å². The van der Waals surface area contributed by atoms with Crippen LogP contribution in [0.25, 0.3) is 6.08 Å². The predicted octanol–water partition coefficient (Wildman–Crippen LogP) is 7.08. The van der Waals surface area contributed by atoms with E-state index in [1.807, 2.05) is 43.3 Å². The Labute approximate surface area is 254 Å². The Hall–Kier alpha value is -4.08. The maximum Gasteiger partial charge on any atom is 0.283 e. The second kappa shape index (κ2) is 12.0. The molecule has 10 heteroatoms. The largest absolute Gasteiger partial charge is 0.493 e. The molecule has 216 valence electrons. The van der Waals surface area contributed by atoms with Crippen LogP contribution in [0.15, 0.2) is 76.3 Å². The van der Waals surface area contributed by atoms with Crippen LogP contribution < -0.4 is 14.2 Å². The van der Waals surface area contributed by atoms with Gasteiger partial charge in [-0.2, -0.15) is 15.1 Å². The summed E-state index contributed by atoms with van der Waals surface area (Å²) in [5.74, 6) is 0.912. The average Bonchev–Trinajstić information content (AvgIpc) is 3.38. The minimum absolute atomic E-state index is 0.0669. The molecule has 8 nitrogen and oxygen atoms in total. The monoisotopic (exact) mass is 602 g/mol. The van der Waals surface area contributed by atoms with E-state index in [1.54, 1.807) is 18.2 Å². The van der Waals surface area contributed by atoms with Gasteiger partial charge < -0.3 is 14.2 Å². The molecule has 2 heterocycles. The first-order valence-corrected chi connectivity index (χ1v) is 14.5. The van der Waals surface area contributed by atoms with Crippen molar-refractivity contribution in [1.29, 1.82) is 5.41 Å². The van der Waals surface area contributed by atoms with Crippen LogP contribution in [-0.4, -0.2) is 47.3 Å². The van der Waals surface area contributed by atoms with Gasteiger partial charge in [0.2, 0.25) is 5.17 Å². The fraction of sp³-hybridized carbons (Fsp3) is 0.250. The number of hydrogen-bond donors (Lipinski definition) is 1. The molecular formula is C32H31ClN4O4S. The van der Waals surface area contributed by atoms with E-state index in [0.29, 0.717) is 38.9 Å². The van der Waals surface area contributed by atoms with E-state index >= 15 is 0 Å². The maximum atomic E-state index is 12.9. The highest BCUT2D eigenvalue weighted by molar-refractivity contribution is 8.27. The highest BCUT2D eigenvalue weighted by Gasteiger charge is 2.36. The zero-order valence-electron chi connectivity index (χ0n) is 24.0. The third kappa shape index (κ3) is 6.37. The van der Waals surface area contributed by atoms with E-state index in [2.05, 4.69) is 43.0 Å². The molecule has 0 unspecified atom stereocenters. The second-order valence-electron chi connectivity index (χ2n) is 10.8. The Balaban J connectivity index is 1.28. The van der Waals surface area contributed by atoms with Gasteiger partial charge in [0.25, 0.3) is 5.91 Å². The maximum absolute atomic E-state index is 12.9. The zero-order valence-corrected chi connectivity index (χ0v) is 25.6. The van der Waals surface area contributed by atoms with E-state index in [1.165, 1.54) is 29.4 Å². The van der Waals surface area contributed by atoms with E-state index in [9.17, 15) is 4.79 Å². The van der Waals surface area contributed by atoms with E-state index in [4.69, 9.17) is 31.2 Å². The van der Waals surface area contributed by atoms with Crippen LogP contribution in [0.2, 0.25) is 5.02 Å². The molecule has 0 aromatic heterocycles. The van der Waals surface area contributed by atoms with Crippen molar-refractivity contribution < 1.29 is 19.0 Å². The normalized spacial score (nSPS) is 15.9. The summed E-state index contributed by atoms with van der Waals surface area (Å²) in [4.78, 5) is 17.1. The first kappa shape index (κ1) is 29.4. The molecule has 0 saturated heterocycles. The molecule has 0 radical (unpaired) electrons. The van der Waals surface area contributed by atoms with Gasteiger partial charge in [-0.05, 0) is 65.6 Å². The number of nitrogens with zero attached hydrogens (tertiary/aromatic N) is 3. The van der Waals surface area contributed by atoms with Crippen LogP contribution >= 0.6 is 23.4 Å². The summed E-state index contributed by atoms with van der Waals surface area (Å²) in [5.41, 5.74) is 3.97. The number of carbonyl (C=O) groups is 1. The van der Waals surface area contributed by atoms with Crippen molar-refractivity contribution in [3.8, 4) is 17.2 Å². The fourth-order valence-corrected chi connectivity index (χ4v) is 5.46. The third-order valence-electron chi connectivity index (χ3n) is 6.63. The minimum Gasteiger partial charge on any atom is -0.493 e. The third-order valence-corrected chi connectivity index (χ3v) is 7.87. The average molecular weight is 603 g/mol. The molecule has 3 aromatic rings. The smallest absolute Gasteiger partial charge is 0.283 e. The van der Waals surface area contributed by atoms with Gasteiger partial charge in [0, 0.05) is 5.56 Å². The number of aliphatic imine (C=N–C) groups is 1. The Morgan fingerprint density at radius 2 is 1.71 bits per heavy atom. The topological polar surface area (TPSA) is 96.6 Å². The molecule has 0 bridgehead atoms. The van der Waals surface area contributed by atoms with Crippen LogP contribution in [0.1, 0.15) is 43.0 Å². The minimum atomic E-state index is -0.526. The Morgan fingerprint density at radius 3 is 2.38 bits per heavy atom. The molecule has 0 spiro atoms. The van der Waals surface area contributed by atoms with Crippen molar-refractivity contribution in [3.63, 3.8) is 0 Å². The quantitative estimate of drug-likeness (QED) is 0.219. The van der Waals surface area contributed by atoms with Crippen molar-refractivity contribution in [2.75, 3.05) is 20.3 Å². The van der Waals surface area contributed by atoms with Crippen molar-refractivity contribution in [1.82, 2.24) is 5.01 Å². The number of ether oxygens (including phenoxy) is 3. The highest BCUT2D eigenvalue weighted by Crippen LogP contribution is 2.38. The molecule has 2 aliphatic rings. The number of hydrazone groups is 1. The summed E-state index contributed by atoms with van der Waals surface area (Å²) in [6.45, 7) is 9.06. The molecule has 3 aromatic carbocycles. The van der Waals surface area contributed by atoms with Gasteiger partial charge in [-0.3, -0.25) is 10.2 Å². The van der Waals surface area contributed by atoms with Gasteiger partial charge in [-0.25, -0.2) is 0 Å². The summed E-state index contributed by atoms with van der Waals surface area (Å²) in [7, 11) is 1.51. The summed E-state index contributed by atoms with van der Waals surface area (Å²) in [6.07, 6.45) is 1.55. The number of amidine groups is 2. The molecule has 5 rings (SSSR count). The molecule has 0 atom stereocenters. The SMILES string of the molecule is COc1cc(/C=C2/C(=N)N3N=C(c4ccc(C)cc4)SC3=NC2=O)cc(Cl)c1OCCOc1ccc(C(C)(C)C)cc1. The van der Waals surface area contributed by atoms with Crippen LogP contribution in [0, 0.1) is 12.3 Å².